The SMILES string of the molecule is N#Cc1ccc2c(c1)CCN(CCC1CCC(NC(=O)/C=C/c3ccccc3)CC1)C2. The molecule has 1 N–H and O–H groups in total. The van der Waals surface area contributed by atoms with Crippen molar-refractivity contribution in [1.82, 2.24) is 10.2 Å². The molecular formula is C27H31N3O. The standard InChI is InChI=1S/C27H31N3O/c28-19-23-6-10-25-20-30(17-15-24(25)18-23)16-14-22-7-11-26(12-8-22)29-27(31)13-9-21-4-2-1-3-5-21/h1-6,9-10,13,18,22,26H,7-8,11-12,14-17,20H2,(H,29,31)/b13-9+. The predicted molar refractivity (Wildman–Crippen MR) is 124 cm³/mol. The molecule has 1 fully saturated rings. The Hall–Kier alpha value is -2.90. The smallest absolute Gasteiger partial charge is 0.244 e. The van der Waals surface area contributed by atoms with Crippen molar-refractivity contribution >= 4 is 12.0 Å². The van der Waals surface area contributed by atoms with Crippen LogP contribution in [0.1, 0.15) is 54.4 Å². The van der Waals surface area contributed by atoms with Crippen molar-refractivity contribution in [2.45, 2.75) is 51.1 Å². The molecule has 1 amide bonds. The van der Waals surface area contributed by atoms with Crippen LogP contribution in [0.25, 0.3) is 6.08 Å². The molecule has 0 radical (unpaired) electrons. The fraction of sp³-hybridized carbons (Fsp3) is 0.407. The highest BCUT2D eigenvalue weighted by atomic mass is 16.1. The lowest BCUT2D eigenvalue weighted by Crippen LogP contribution is -2.37. The summed E-state index contributed by atoms with van der Waals surface area (Å²) in [7, 11) is 0. The Morgan fingerprint density at radius 2 is 1.90 bits per heavy atom. The lowest BCUT2D eigenvalue weighted by Gasteiger charge is -2.33. The van der Waals surface area contributed by atoms with Gasteiger partial charge in [-0.1, -0.05) is 36.4 Å². The van der Waals surface area contributed by atoms with Gasteiger partial charge in [0, 0.05) is 25.2 Å². The second-order valence-corrected chi connectivity index (χ2v) is 8.88. The molecule has 4 nitrogen and oxygen atoms in total. The van der Waals surface area contributed by atoms with Crippen LogP contribution in [-0.2, 0) is 17.8 Å². The number of rotatable bonds is 6. The van der Waals surface area contributed by atoms with Gasteiger partial charge in [-0.3, -0.25) is 9.69 Å². The average molecular weight is 414 g/mol. The number of carbonyl (C=O) groups is 1. The summed E-state index contributed by atoms with van der Waals surface area (Å²) in [5, 5.41) is 12.3. The molecule has 2 aromatic carbocycles. The minimum atomic E-state index is 0.0128. The average Bonchev–Trinajstić information content (AvgIpc) is 2.82. The number of fused-ring (bicyclic) bond motifs is 1. The zero-order valence-corrected chi connectivity index (χ0v) is 18.1. The largest absolute Gasteiger partial charge is 0.350 e. The highest BCUT2D eigenvalue weighted by molar-refractivity contribution is 5.91. The van der Waals surface area contributed by atoms with Crippen LogP contribution in [0.2, 0.25) is 0 Å². The van der Waals surface area contributed by atoms with E-state index >= 15 is 0 Å². The number of carbonyl (C=O) groups excluding carboxylic acids is 1. The first-order valence-corrected chi connectivity index (χ1v) is 11.5. The lowest BCUT2D eigenvalue weighted by molar-refractivity contribution is -0.117. The van der Waals surface area contributed by atoms with E-state index in [1.807, 2.05) is 42.5 Å². The van der Waals surface area contributed by atoms with Gasteiger partial charge >= 0.3 is 0 Å². The second-order valence-electron chi connectivity index (χ2n) is 8.88. The van der Waals surface area contributed by atoms with Crippen LogP contribution in [0.4, 0.5) is 0 Å². The van der Waals surface area contributed by atoms with Gasteiger partial charge in [0.2, 0.25) is 5.91 Å². The van der Waals surface area contributed by atoms with E-state index in [0.717, 1.165) is 55.9 Å². The molecule has 4 rings (SSSR count). The summed E-state index contributed by atoms with van der Waals surface area (Å²) in [6.07, 6.45) is 10.4. The third kappa shape index (κ3) is 6.06. The molecule has 4 heteroatoms. The molecule has 0 spiro atoms. The number of nitrogens with one attached hydrogen (secondary N) is 1. The molecule has 0 atom stereocenters. The third-order valence-electron chi connectivity index (χ3n) is 6.70. The third-order valence-corrected chi connectivity index (χ3v) is 6.70. The van der Waals surface area contributed by atoms with Gasteiger partial charge in [-0.2, -0.15) is 5.26 Å². The van der Waals surface area contributed by atoms with Gasteiger partial charge in [-0.15, -0.1) is 0 Å². The maximum absolute atomic E-state index is 12.2. The predicted octanol–water partition coefficient (Wildman–Crippen LogP) is 4.69. The van der Waals surface area contributed by atoms with Gasteiger partial charge in [0.05, 0.1) is 11.6 Å². The van der Waals surface area contributed by atoms with Crippen molar-refractivity contribution in [3.63, 3.8) is 0 Å². The quantitative estimate of drug-likeness (QED) is 0.699. The van der Waals surface area contributed by atoms with E-state index in [1.54, 1.807) is 6.08 Å². The zero-order chi connectivity index (χ0) is 21.5. The van der Waals surface area contributed by atoms with Crippen LogP contribution in [0.3, 0.4) is 0 Å². The maximum atomic E-state index is 12.2. The minimum Gasteiger partial charge on any atom is -0.350 e. The fourth-order valence-corrected chi connectivity index (χ4v) is 4.82. The minimum absolute atomic E-state index is 0.0128. The van der Waals surface area contributed by atoms with Crippen LogP contribution in [0, 0.1) is 17.2 Å². The number of hydrogen-bond donors (Lipinski definition) is 1. The lowest BCUT2D eigenvalue weighted by atomic mass is 9.84. The highest BCUT2D eigenvalue weighted by Crippen LogP contribution is 2.28. The first kappa shape index (κ1) is 21.3. The molecule has 160 valence electrons. The van der Waals surface area contributed by atoms with Crippen molar-refractivity contribution in [2.24, 2.45) is 5.92 Å². The normalized spacial score (nSPS) is 21.4. The fourth-order valence-electron chi connectivity index (χ4n) is 4.82. The summed E-state index contributed by atoms with van der Waals surface area (Å²) in [6.45, 7) is 3.22. The monoisotopic (exact) mass is 413 g/mol. The molecule has 0 unspecified atom stereocenters. The molecule has 2 aromatic rings. The van der Waals surface area contributed by atoms with Gasteiger partial charge in [-0.25, -0.2) is 0 Å². The number of benzene rings is 2. The van der Waals surface area contributed by atoms with Crippen LogP contribution in [0.15, 0.2) is 54.6 Å². The van der Waals surface area contributed by atoms with E-state index in [-0.39, 0.29) is 5.91 Å². The van der Waals surface area contributed by atoms with Crippen LogP contribution in [0.5, 0.6) is 0 Å². The van der Waals surface area contributed by atoms with Crippen molar-refractivity contribution < 1.29 is 4.79 Å². The van der Waals surface area contributed by atoms with Crippen LogP contribution in [-0.4, -0.2) is 29.9 Å². The molecule has 1 aliphatic heterocycles. The Labute approximate surface area is 185 Å². The summed E-state index contributed by atoms with van der Waals surface area (Å²) in [5.41, 5.74) is 4.53. The highest BCUT2D eigenvalue weighted by Gasteiger charge is 2.23. The Bertz CT molecular complexity index is 952. The molecule has 0 saturated heterocycles. The van der Waals surface area contributed by atoms with E-state index in [0.29, 0.717) is 6.04 Å². The Kier molecular flexibility index (Phi) is 7.17. The molecule has 0 aromatic heterocycles. The number of amides is 1. The summed E-state index contributed by atoms with van der Waals surface area (Å²) in [6, 6.07) is 18.6. The van der Waals surface area contributed by atoms with E-state index < -0.39 is 0 Å². The number of nitriles is 1. The van der Waals surface area contributed by atoms with E-state index in [1.165, 1.54) is 30.4 Å². The Morgan fingerprint density at radius 3 is 2.68 bits per heavy atom. The first-order chi connectivity index (χ1) is 15.2. The van der Waals surface area contributed by atoms with Crippen molar-refractivity contribution in [2.75, 3.05) is 13.1 Å². The van der Waals surface area contributed by atoms with Gasteiger partial charge < -0.3 is 5.32 Å². The van der Waals surface area contributed by atoms with E-state index in [2.05, 4.69) is 28.4 Å². The summed E-state index contributed by atoms with van der Waals surface area (Å²) in [4.78, 5) is 14.8. The molecule has 0 bridgehead atoms. The molecule has 1 saturated carbocycles. The van der Waals surface area contributed by atoms with E-state index in [4.69, 9.17) is 5.26 Å². The first-order valence-electron chi connectivity index (χ1n) is 11.5. The maximum Gasteiger partial charge on any atom is 0.244 e. The molecule has 31 heavy (non-hydrogen) atoms. The van der Waals surface area contributed by atoms with Crippen molar-refractivity contribution in [1.29, 1.82) is 5.26 Å². The van der Waals surface area contributed by atoms with Gasteiger partial charge in [0.15, 0.2) is 0 Å². The second kappa shape index (κ2) is 10.4. The molecule has 1 aliphatic carbocycles. The van der Waals surface area contributed by atoms with Gasteiger partial charge in [0.1, 0.15) is 0 Å². The molecule has 2 aliphatic rings. The number of hydrogen-bond acceptors (Lipinski definition) is 3. The summed E-state index contributed by atoms with van der Waals surface area (Å²) in [5.74, 6) is 0.772. The van der Waals surface area contributed by atoms with Gasteiger partial charge in [-0.05, 0) is 85.9 Å². The van der Waals surface area contributed by atoms with Crippen LogP contribution >= 0.6 is 0 Å². The number of nitrogens with zero attached hydrogens (tertiary/aromatic N) is 2. The topological polar surface area (TPSA) is 56.1 Å². The Morgan fingerprint density at radius 1 is 1.10 bits per heavy atom. The van der Waals surface area contributed by atoms with E-state index in [9.17, 15) is 4.79 Å². The summed E-state index contributed by atoms with van der Waals surface area (Å²) >= 11 is 0. The van der Waals surface area contributed by atoms with Gasteiger partial charge in [0.25, 0.3) is 0 Å². The molecular weight excluding hydrogens is 382 g/mol. The Balaban J connectivity index is 1.16. The van der Waals surface area contributed by atoms with Crippen molar-refractivity contribution in [3.05, 3.63) is 76.9 Å². The zero-order valence-electron chi connectivity index (χ0n) is 18.1. The van der Waals surface area contributed by atoms with Crippen molar-refractivity contribution in [3.8, 4) is 6.07 Å². The molecule has 1 heterocycles. The van der Waals surface area contributed by atoms with Crippen LogP contribution < -0.4 is 5.32 Å². The summed E-state index contributed by atoms with van der Waals surface area (Å²) < 4.78 is 0.